The highest BCUT2D eigenvalue weighted by molar-refractivity contribution is 4.98. The first-order valence-corrected chi connectivity index (χ1v) is 2.49. The van der Waals surface area contributed by atoms with Gasteiger partial charge in [-0.2, -0.15) is 0 Å². The highest BCUT2D eigenvalue weighted by Gasteiger charge is 1.48. The number of rotatable bonds is 1. The van der Waals surface area contributed by atoms with Gasteiger partial charge in [0.2, 0.25) is 0 Å². The molecule has 0 aliphatic heterocycles. The van der Waals surface area contributed by atoms with Crippen molar-refractivity contribution in [1.82, 2.24) is 0 Å². The predicted molar refractivity (Wildman–Crippen MR) is 39.5 cm³/mol. The zero-order valence-corrected chi connectivity index (χ0v) is 5.46. The second kappa shape index (κ2) is 16.6. The van der Waals surface area contributed by atoms with Crippen molar-refractivity contribution < 1.29 is 0 Å². The average molecular weight is 108 g/mol. The standard InChI is InChI=1S/C6H10.C2H2/c1-3-5-6-4-2;1-2/h3-6H,1-2H3;1-2H/b5-3-,6-4-;. The fourth-order valence-electron chi connectivity index (χ4n) is 0.222. The van der Waals surface area contributed by atoms with Crippen molar-refractivity contribution in [2.45, 2.75) is 13.8 Å². The van der Waals surface area contributed by atoms with E-state index in [-0.39, 0.29) is 0 Å². The number of hydrogen-bond donors (Lipinski definition) is 0. The SMILES string of the molecule is C#C.C/C=C\C=C/C. The van der Waals surface area contributed by atoms with Crippen molar-refractivity contribution in [3.8, 4) is 12.8 Å². The molecule has 0 radical (unpaired) electrons. The second-order valence-corrected chi connectivity index (χ2v) is 1.05. The molecule has 8 heavy (non-hydrogen) atoms. The Hall–Kier alpha value is -0.960. The van der Waals surface area contributed by atoms with E-state index >= 15 is 0 Å². The summed E-state index contributed by atoms with van der Waals surface area (Å²) in [4.78, 5) is 0. The molecule has 0 heteroatoms. The van der Waals surface area contributed by atoms with E-state index in [2.05, 4.69) is 12.8 Å². The van der Waals surface area contributed by atoms with Gasteiger partial charge < -0.3 is 0 Å². The second-order valence-electron chi connectivity index (χ2n) is 1.05. The molecule has 0 aromatic heterocycles. The molecule has 0 saturated carbocycles. The van der Waals surface area contributed by atoms with Crippen LogP contribution in [0.25, 0.3) is 0 Å². The molecule has 0 N–H and O–H groups in total. The molecule has 0 saturated heterocycles. The van der Waals surface area contributed by atoms with Crippen LogP contribution in [0.2, 0.25) is 0 Å². The maximum Gasteiger partial charge on any atom is -0.0467 e. The molecule has 0 nitrogen and oxygen atoms in total. The number of terminal acetylenes is 1. The van der Waals surface area contributed by atoms with Gasteiger partial charge in [-0.15, -0.1) is 12.8 Å². The van der Waals surface area contributed by atoms with Crippen molar-refractivity contribution in [3.05, 3.63) is 24.3 Å². The van der Waals surface area contributed by atoms with Gasteiger partial charge in [0.05, 0.1) is 0 Å². The lowest BCUT2D eigenvalue weighted by atomic mass is 10.5. The molecule has 0 aliphatic carbocycles. The Morgan fingerprint density at radius 1 is 0.875 bits per heavy atom. The molecular weight excluding hydrogens is 96.1 g/mol. The quantitative estimate of drug-likeness (QED) is 0.357. The first-order valence-electron chi connectivity index (χ1n) is 2.49. The molecule has 0 aromatic carbocycles. The Labute approximate surface area is 51.9 Å². The summed E-state index contributed by atoms with van der Waals surface area (Å²) in [6, 6.07) is 0. The molecule has 0 rings (SSSR count). The van der Waals surface area contributed by atoms with Gasteiger partial charge in [0, 0.05) is 0 Å². The first-order chi connectivity index (χ1) is 3.91. The first kappa shape index (κ1) is 10.1. The minimum atomic E-state index is 2.00. The highest BCUT2D eigenvalue weighted by Crippen LogP contribution is 1.71. The van der Waals surface area contributed by atoms with Crippen LogP contribution in [0.15, 0.2) is 24.3 Å². The van der Waals surface area contributed by atoms with Crippen molar-refractivity contribution in [2.75, 3.05) is 0 Å². The summed E-state index contributed by atoms with van der Waals surface area (Å²) in [5.74, 6) is 0. The van der Waals surface area contributed by atoms with Gasteiger partial charge in [-0.1, -0.05) is 24.3 Å². The van der Waals surface area contributed by atoms with Gasteiger partial charge in [0.1, 0.15) is 0 Å². The third-order valence-electron chi connectivity index (χ3n) is 0.496. The van der Waals surface area contributed by atoms with Crippen LogP contribution in [0.5, 0.6) is 0 Å². The summed E-state index contributed by atoms with van der Waals surface area (Å²) in [6.45, 7) is 4.00. The van der Waals surface area contributed by atoms with E-state index < -0.39 is 0 Å². The zero-order valence-electron chi connectivity index (χ0n) is 5.46. The van der Waals surface area contributed by atoms with Crippen LogP contribution in [-0.4, -0.2) is 0 Å². The average Bonchev–Trinajstić information content (AvgIpc) is 1.88. The fraction of sp³-hybridized carbons (Fsp3) is 0.250. The Morgan fingerprint density at radius 3 is 1.25 bits per heavy atom. The fourth-order valence-corrected chi connectivity index (χ4v) is 0.222. The van der Waals surface area contributed by atoms with E-state index in [0.717, 1.165) is 0 Å². The summed E-state index contributed by atoms with van der Waals surface area (Å²) >= 11 is 0. The van der Waals surface area contributed by atoms with Gasteiger partial charge in [-0.3, -0.25) is 0 Å². The Balaban J connectivity index is 0. The molecule has 0 aliphatic rings. The number of hydrogen-bond acceptors (Lipinski definition) is 0. The van der Waals surface area contributed by atoms with Crippen LogP contribution < -0.4 is 0 Å². The monoisotopic (exact) mass is 108 g/mol. The van der Waals surface area contributed by atoms with Crippen LogP contribution >= 0.6 is 0 Å². The zero-order chi connectivity index (χ0) is 6.83. The molecular formula is C8H12. The smallest absolute Gasteiger partial charge is 0.0467 e. The van der Waals surface area contributed by atoms with E-state index in [1.807, 2.05) is 38.2 Å². The van der Waals surface area contributed by atoms with E-state index in [1.54, 1.807) is 0 Å². The molecule has 0 amide bonds. The van der Waals surface area contributed by atoms with E-state index in [9.17, 15) is 0 Å². The van der Waals surface area contributed by atoms with Gasteiger partial charge in [0.15, 0.2) is 0 Å². The predicted octanol–water partition coefficient (Wildman–Crippen LogP) is 2.39. The van der Waals surface area contributed by atoms with Crippen LogP contribution in [0.3, 0.4) is 0 Å². The van der Waals surface area contributed by atoms with Gasteiger partial charge in [0.25, 0.3) is 0 Å². The maximum atomic E-state index is 4.00. The summed E-state index contributed by atoms with van der Waals surface area (Å²) < 4.78 is 0. The van der Waals surface area contributed by atoms with Crippen molar-refractivity contribution >= 4 is 0 Å². The molecule has 0 unspecified atom stereocenters. The maximum absolute atomic E-state index is 4.00. The summed E-state index contributed by atoms with van der Waals surface area (Å²) in [6.07, 6.45) is 16.0. The Morgan fingerprint density at radius 2 is 1.12 bits per heavy atom. The van der Waals surface area contributed by atoms with Crippen LogP contribution in [0, 0.1) is 12.8 Å². The third-order valence-corrected chi connectivity index (χ3v) is 0.496. The summed E-state index contributed by atoms with van der Waals surface area (Å²) in [5.41, 5.74) is 0. The molecule has 44 valence electrons. The van der Waals surface area contributed by atoms with Crippen molar-refractivity contribution in [1.29, 1.82) is 0 Å². The minimum absolute atomic E-state index is 2.00. The van der Waals surface area contributed by atoms with Crippen molar-refractivity contribution in [3.63, 3.8) is 0 Å². The topological polar surface area (TPSA) is 0 Å². The Bertz CT molecular complexity index is 73.5. The Kier molecular flexibility index (Phi) is 21.0. The van der Waals surface area contributed by atoms with E-state index in [4.69, 9.17) is 0 Å². The van der Waals surface area contributed by atoms with E-state index in [1.165, 1.54) is 0 Å². The van der Waals surface area contributed by atoms with Gasteiger partial charge >= 0.3 is 0 Å². The molecule has 0 spiro atoms. The van der Waals surface area contributed by atoms with Crippen molar-refractivity contribution in [2.24, 2.45) is 0 Å². The summed E-state index contributed by atoms with van der Waals surface area (Å²) in [5, 5.41) is 0. The third kappa shape index (κ3) is 19.8. The molecule has 0 bridgehead atoms. The molecule has 0 heterocycles. The minimum Gasteiger partial charge on any atom is -0.124 e. The highest BCUT2D eigenvalue weighted by atomic mass is 13.6. The van der Waals surface area contributed by atoms with Gasteiger partial charge in [-0.05, 0) is 13.8 Å². The lowest BCUT2D eigenvalue weighted by molar-refractivity contribution is 1.69. The molecule has 0 atom stereocenters. The molecule has 0 aromatic rings. The largest absolute Gasteiger partial charge is 0.124 e. The van der Waals surface area contributed by atoms with Gasteiger partial charge in [-0.25, -0.2) is 0 Å². The van der Waals surface area contributed by atoms with E-state index in [0.29, 0.717) is 0 Å². The normalized spacial score (nSPS) is 9.00. The lowest BCUT2D eigenvalue weighted by Gasteiger charge is -1.62. The van der Waals surface area contributed by atoms with Crippen LogP contribution in [-0.2, 0) is 0 Å². The lowest BCUT2D eigenvalue weighted by Crippen LogP contribution is -1.40. The van der Waals surface area contributed by atoms with Crippen LogP contribution in [0.4, 0.5) is 0 Å². The summed E-state index contributed by atoms with van der Waals surface area (Å²) in [7, 11) is 0. The number of allylic oxidation sites excluding steroid dienone is 4. The van der Waals surface area contributed by atoms with Crippen LogP contribution in [0.1, 0.15) is 13.8 Å². The molecule has 0 fully saturated rings.